The van der Waals surface area contributed by atoms with E-state index in [0.717, 1.165) is 22.4 Å². The number of aromatic nitrogens is 1. The van der Waals surface area contributed by atoms with Gasteiger partial charge in [-0.25, -0.2) is 9.78 Å². The zero-order valence-corrected chi connectivity index (χ0v) is 10.9. The first-order valence-corrected chi connectivity index (χ1v) is 5.94. The molecule has 0 amide bonds. The van der Waals surface area contributed by atoms with Gasteiger partial charge in [0.1, 0.15) is 18.1 Å². The maximum Gasteiger partial charge on any atom is 0.354 e. The molecular formula is C15H15NO3. The minimum atomic E-state index is -1.03. The molecule has 0 saturated carbocycles. The van der Waals surface area contributed by atoms with E-state index in [4.69, 9.17) is 9.84 Å². The van der Waals surface area contributed by atoms with Crippen LogP contribution in [-0.2, 0) is 6.61 Å². The van der Waals surface area contributed by atoms with E-state index in [-0.39, 0.29) is 5.69 Å². The number of carbonyl (C=O) groups is 1. The average molecular weight is 257 g/mol. The summed E-state index contributed by atoms with van der Waals surface area (Å²) in [5.41, 5.74) is 3.00. The van der Waals surface area contributed by atoms with Crippen molar-refractivity contribution in [2.24, 2.45) is 0 Å². The summed E-state index contributed by atoms with van der Waals surface area (Å²) in [6.07, 6.45) is 1.48. The molecular weight excluding hydrogens is 242 g/mol. The van der Waals surface area contributed by atoms with Crippen molar-refractivity contribution in [3.63, 3.8) is 0 Å². The van der Waals surface area contributed by atoms with Gasteiger partial charge in [0.25, 0.3) is 0 Å². The van der Waals surface area contributed by atoms with E-state index in [1.165, 1.54) is 12.3 Å². The van der Waals surface area contributed by atoms with Gasteiger partial charge in [-0.15, -0.1) is 0 Å². The molecule has 1 aromatic heterocycles. The molecule has 0 spiro atoms. The minimum absolute atomic E-state index is 0.0297. The topological polar surface area (TPSA) is 59.4 Å². The van der Waals surface area contributed by atoms with Crippen LogP contribution in [0, 0.1) is 13.8 Å². The molecule has 0 aliphatic rings. The van der Waals surface area contributed by atoms with Gasteiger partial charge in [0.05, 0.1) is 0 Å². The molecule has 0 atom stereocenters. The summed E-state index contributed by atoms with van der Waals surface area (Å²) >= 11 is 0. The quantitative estimate of drug-likeness (QED) is 0.914. The highest BCUT2D eigenvalue weighted by molar-refractivity contribution is 5.85. The first kappa shape index (κ1) is 13.1. The monoisotopic (exact) mass is 257 g/mol. The van der Waals surface area contributed by atoms with Crippen molar-refractivity contribution in [3.8, 4) is 5.75 Å². The highest BCUT2D eigenvalue weighted by Crippen LogP contribution is 2.20. The molecule has 0 fully saturated rings. The lowest BCUT2D eigenvalue weighted by molar-refractivity contribution is 0.0690. The van der Waals surface area contributed by atoms with E-state index in [0.29, 0.717) is 6.61 Å². The lowest BCUT2D eigenvalue weighted by Gasteiger charge is -2.10. The van der Waals surface area contributed by atoms with Gasteiger partial charge in [0.2, 0.25) is 0 Å². The van der Waals surface area contributed by atoms with Crippen LogP contribution in [0.2, 0.25) is 0 Å². The molecule has 19 heavy (non-hydrogen) atoms. The molecule has 0 aliphatic carbocycles. The number of hydrogen-bond acceptors (Lipinski definition) is 3. The van der Waals surface area contributed by atoms with Crippen LogP contribution in [0.4, 0.5) is 0 Å². The second-order valence-corrected chi connectivity index (χ2v) is 4.41. The van der Waals surface area contributed by atoms with Crippen LogP contribution >= 0.6 is 0 Å². The number of pyridine rings is 1. The van der Waals surface area contributed by atoms with Crippen LogP contribution in [0.25, 0.3) is 0 Å². The number of hydrogen-bond donors (Lipinski definition) is 1. The summed E-state index contributed by atoms with van der Waals surface area (Å²) in [5.74, 6) is -0.220. The fourth-order valence-electron chi connectivity index (χ4n) is 1.70. The van der Waals surface area contributed by atoms with Gasteiger partial charge in [-0.05, 0) is 48.7 Å². The molecule has 0 radical (unpaired) electrons. The zero-order chi connectivity index (χ0) is 13.8. The summed E-state index contributed by atoms with van der Waals surface area (Å²) in [4.78, 5) is 14.6. The van der Waals surface area contributed by atoms with Crippen molar-refractivity contribution in [3.05, 3.63) is 58.9 Å². The zero-order valence-electron chi connectivity index (χ0n) is 10.9. The van der Waals surface area contributed by atoms with Gasteiger partial charge in [-0.3, -0.25) is 0 Å². The Morgan fingerprint density at radius 1 is 1.26 bits per heavy atom. The van der Waals surface area contributed by atoms with E-state index >= 15 is 0 Å². The highest BCUT2D eigenvalue weighted by atomic mass is 16.5. The summed E-state index contributed by atoms with van der Waals surface area (Å²) in [6.45, 7) is 4.30. The Kier molecular flexibility index (Phi) is 3.80. The Labute approximate surface area is 111 Å². The molecule has 1 N–H and O–H groups in total. The SMILES string of the molecule is Cc1ccc(C)c(OCc2ccnc(C(=O)O)c2)c1. The third kappa shape index (κ3) is 3.31. The third-order valence-electron chi connectivity index (χ3n) is 2.78. The van der Waals surface area contributed by atoms with Crippen molar-refractivity contribution in [1.29, 1.82) is 0 Å². The molecule has 0 bridgehead atoms. The number of benzene rings is 1. The second-order valence-electron chi connectivity index (χ2n) is 4.41. The molecule has 2 aromatic rings. The predicted molar refractivity (Wildman–Crippen MR) is 71.4 cm³/mol. The number of rotatable bonds is 4. The molecule has 4 nitrogen and oxygen atoms in total. The van der Waals surface area contributed by atoms with Gasteiger partial charge >= 0.3 is 5.97 Å². The van der Waals surface area contributed by atoms with Crippen LogP contribution in [0.3, 0.4) is 0 Å². The number of carboxylic acid groups (broad SMARTS) is 1. The van der Waals surface area contributed by atoms with Crippen molar-refractivity contribution < 1.29 is 14.6 Å². The molecule has 98 valence electrons. The van der Waals surface area contributed by atoms with Gasteiger partial charge in [0.15, 0.2) is 0 Å². The predicted octanol–water partition coefficient (Wildman–Crippen LogP) is 2.98. The van der Waals surface area contributed by atoms with Gasteiger partial charge in [-0.1, -0.05) is 12.1 Å². The Bertz CT molecular complexity index is 608. The van der Waals surface area contributed by atoms with E-state index in [2.05, 4.69) is 4.98 Å². The van der Waals surface area contributed by atoms with Crippen LogP contribution in [0.1, 0.15) is 27.2 Å². The fraction of sp³-hybridized carbons (Fsp3) is 0.200. The summed E-state index contributed by atoms with van der Waals surface area (Å²) in [5, 5.41) is 8.87. The lowest BCUT2D eigenvalue weighted by atomic mass is 10.1. The third-order valence-corrected chi connectivity index (χ3v) is 2.78. The number of ether oxygens (including phenoxy) is 1. The smallest absolute Gasteiger partial charge is 0.354 e. The van der Waals surface area contributed by atoms with Gasteiger partial charge < -0.3 is 9.84 Å². The summed E-state index contributed by atoms with van der Waals surface area (Å²) in [6, 6.07) is 9.26. The minimum Gasteiger partial charge on any atom is -0.489 e. The number of aromatic carboxylic acids is 1. The Morgan fingerprint density at radius 3 is 2.79 bits per heavy atom. The van der Waals surface area contributed by atoms with E-state index < -0.39 is 5.97 Å². The van der Waals surface area contributed by atoms with E-state index in [1.807, 2.05) is 32.0 Å². The van der Waals surface area contributed by atoms with Crippen molar-refractivity contribution >= 4 is 5.97 Å². The average Bonchev–Trinajstić information content (AvgIpc) is 2.40. The van der Waals surface area contributed by atoms with E-state index in [1.54, 1.807) is 6.07 Å². The Morgan fingerprint density at radius 2 is 2.05 bits per heavy atom. The largest absolute Gasteiger partial charge is 0.489 e. The van der Waals surface area contributed by atoms with Crippen LogP contribution < -0.4 is 4.74 Å². The first-order valence-electron chi connectivity index (χ1n) is 5.94. The molecule has 1 aromatic carbocycles. The first-order chi connectivity index (χ1) is 9.06. The lowest BCUT2D eigenvalue weighted by Crippen LogP contribution is -2.03. The Balaban J connectivity index is 2.12. The Hall–Kier alpha value is -2.36. The maximum atomic E-state index is 10.8. The molecule has 0 unspecified atom stereocenters. The number of aryl methyl sites for hydroxylation is 2. The van der Waals surface area contributed by atoms with Crippen LogP contribution in [0.15, 0.2) is 36.5 Å². The van der Waals surface area contributed by atoms with Crippen LogP contribution in [0.5, 0.6) is 5.75 Å². The number of carboxylic acids is 1. The fourth-order valence-corrected chi connectivity index (χ4v) is 1.70. The van der Waals surface area contributed by atoms with Crippen molar-refractivity contribution in [1.82, 2.24) is 4.98 Å². The van der Waals surface area contributed by atoms with Gasteiger partial charge in [0, 0.05) is 6.20 Å². The molecule has 2 rings (SSSR count). The summed E-state index contributed by atoms with van der Waals surface area (Å²) in [7, 11) is 0. The van der Waals surface area contributed by atoms with Crippen molar-refractivity contribution in [2.45, 2.75) is 20.5 Å². The van der Waals surface area contributed by atoms with Crippen molar-refractivity contribution in [2.75, 3.05) is 0 Å². The number of nitrogens with zero attached hydrogens (tertiary/aromatic N) is 1. The molecule has 0 saturated heterocycles. The maximum absolute atomic E-state index is 10.8. The highest BCUT2D eigenvalue weighted by Gasteiger charge is 2.06. The molecule has 0 aliphatic heterocycles. The second kappa shape index (κ2) is 5.52. The van der Waals surface area contributed by atoms with Gasteiger partial charge in [-0.2, -0.15) is 0 Å². The molecule has 4 heteroatoms. The standard InChI is InChI=1S/C15H15NO3/c1-10-3-4-11(2)14(7-10)19-9-12-5-6-16-13(8-12)15(17)18/h3-8H,9H2,1-2H3,(H,17,18). The van der Waals surface area contributed by atoms with E-state index in [9.17, 15) is 4.79 Å². The normalized spacial score (nSPS) is 10.2. The van der Waals surface area contributed by atoms with Crippen LogP contribution in [-0.4, -0.2) is 16.1 Å². The molecule has 1 heterocycles. The summed E-state index contributed by atoms with van der Waals surface area (Å²) < 4.78 is 5.72.